The highest BCUT2D eigenvalue weighted by Crippen LogP contribution is 2.38. The molecule has 202 valence electrons. The highest BCUT2D eigenvalue weighted by Gasteiger charge is 2.33. The van der Waals surface area contributed by atoms with E-state index in [4.69, 9.17) is 4.98 Å². The van der Waals surface area contributed by atoms with Gasteiger partial charge in [0.15, 0.2) is 0 Å². The molecule has 10 heteroatoms. The third-order valence-corrected chi connectivity index (χ3v) is 7.74. The number of alkyl halides is 3. The summed E-state index contributed by atoms with van der Waals surface area (Å²) < 4.78 is 40.7. The zero-order chi connectivity index (χ0) is 26.4. The Hall–Kier alpha value is -3.17. The summed E-state index contributed by atoms with van der Waals surface area (Å²) in [4.78, 5) is 11.0. The van der Waals surface area contributed by atoms with Crippen LogP contribution in [0, 0.1) is 18.8 Å². The molecule has 0 radical (unpaired) electrons. The van der Waals surface area contributed by atoms with Crippen LogP contribution in [0.25, 0.3) is 0 Å². The van der Waals surface area contributed by atoms with Crippen molar-refractivity contribution in [3.05, 3.63) is 57.8 Å². The Balaban J connectivity index is 1.36. The molecule has 0 aliphatic heterocycles. The van der Waals surface area contributed by atoms with Gasteiger partial charge in [-0.15, -0.1) is 5.10 Å². The Morgan fingerprint density at radius 2 is 1.68 bits per heavy atom. The fourth-order valence-electron chi connectivity index (χ4n) is 5.51. The van der Waals surface area contributed by atoms with Crippen molar-refractivity contribution in [1.82, 2.24) is 25.2 Å². The quantitative estimate of drug-likeness (QED) is 0.360. The summed E-state index contributed by atoms with van der Waals surface area (Å²) in [5.74, 6) is 2.87. The van der Waals surface area contributed by atoms with Gasteiger partial charge in [0, 0.05) is 37.4 Å². The van der Waals surface area contributed by atoms with Crippen LogP contribution in [0.3, 0.4) is 0 Å². The number of pyridine rings is 1. The Kier molecular flexibility index (Phi) is 6.52. The second-order valence-corrected chi connectivity index (χ2v) is 11.4. The molecule has 0 bridgehead atoms. The van der Waals surface area contributed by atoms with Crippen LogP contribution < -0.4 is 9.80 Å². The number of fused-ring (bicyclic) bond motifs is 1. The molecule has 38 heavy (non-hydrogen) atoms. The first kappa shape index (κ1) is 25.1. The molecule has 3 aliphatic rings. The van der Waals surface area contributed by atoms with E-state index in [1.807, 2.05) is 4.90 Å². The molecule has 1 aromatic carbocycles. The maximum atomic E-state index is 13.6. The molecule has 2 heterocycles. The highest BCUT2D eigenvalue weighted by molar-refractivity contribution is 5.53. The molecule has 0 N–H and O–H groups in total. The molecule has 3 aromatic rings. The van der Waals surface area contributed by atoms with Crippen molar-refractivity contribution in [2.75, 3.05) is 22.9 Å². The molecule has 2 saturated carbocycles. The average Bonchev–Trinajstić information content (AvgIpc) is 3.77. The van der Waals surface area contributed by atoms with E-state index in [-0.39, 0.29) is 6.54 Å². The molecular formula is C28H34F3N7. The van der Waals surface area contributed by atoms with Gasteiger partial charge in [0.05, 0.1) is 12.6 Å². The van der Waals surface area contributed by atoms with Crippen LogP contribution in [0.5, 0.6) is 0 Å². The van der Waals surface area contributed by atoms with Gasteiger partial charge >= 0.3 is 6.18 Å². The number of rotatable bonds is 10. The summed E-state index contributed by atoms with van der Waals surface area (Å²) in [6.07, 6.45) is 3.80. The zero-order valence-corrected chi connectivity index (χ0v) is 22.0. The molecule has 3 aliphatic carbocycles. The number of hydrogen-bond acceptors (Lipinski definition) is 6. The van der Waals surface area contributed by atoms with Gasteiger partial charge in [0.25, 0.3) is 5.95 Å². The lowest BCUT2D eigenvalue weighted by Gasteiger charge is -2.29. The van der Waals surface area contributed by atoms with Gasteiger partial charge in [-0.1, -0.05) is 16.7 Å². The van der Waals surface area contributed by atoms with Crippen LogP contribution in [-0.4, -0.2) is 38.3 Å². The number of aryl methyl sites for hydroxylation is 4. The van der Waals surface area contributed by atoms with E-state index < -0.39 is 11.7 Å². The van der Waals surface area contributed by atoms with Crippen molar-refractivity contribution in [3.63, 3.8) is 0 Å². The summed E-state index contributed by atoms with van der Waals surface area (Å²) in [5, 5.41) is 12.7. The van der Waals surface area contributed by atoms with E-state index in [2.05, 4.69) is 26.4 Å². The minimum absolute atomic E-state index is 0.234. The Morgan fingerprint density at radius 3 is 2.32 bits per heavy atom. The lowest BCUT2D eigenvalue weighted by Crippen LogP contribution is -2.32. The van der Waals surface area contributed by atoms with Crippen LogP contribution in [0.1, 0.15) is 65.6 Å². The van der Waals surface area contributed by atoms with E-state index in [1.54, 1.807) is 20.0 Å². The van der Waals surface area contributed by atoms with Crippen LogP contribution in [-0.2, 0) is 39.2 Å². The maximum absolute atomic E-state index is 13.6. The minimum atomic E-state index is -4.40. The molecule has 6 rings (SSSR count). The van der Waals surface area contributed by atoms with Crippen LogP contribution >= 0.6 is 0 Å². The van der Waals surface area contributed by atoms with Gasteiger partial charge in [-0.25, -0.2) is 4.98 Å². The third kappa shape index (κ3) is 5.78. The lowest BCUT2D eigenvalue weighted by molar-refractivity contribution is -0.137. The predicted molar refractivity (Wildman–Crippen MR) is 139 cm³/mol. The van der Waals surface area contributed by atoms with Gasteiger partial charge in [-0.2, -0.15) is 18.0 Å². The number of aromatic nitrogens is 5. The van der Waals surface area contributed by atoms with E-state index in [0.717, 1.165) is 55.6 Å². The largest absolute Gasteiger partial charge is 0.416 e. The van der Waals surface area contributed by atoms with Crippen molar-refractivity contribution < 1.29 is 13.2 Å². The topological polar surface area (TPSA) is 63.0 Å². The summed E-state index contributed by atoms with van der Waals surface area (Å²) in [6.45, 7) is 4.41. The van der Waals surface area contributed by atoms with Gasteiger partial charge in [-0.3, -0.25) is 0 Å². The van der Waals surface area contributed by atoms with Crippen LogP contribution in [0.2, 0.25) is 0 Å². The first-order chi connectivity index (χ1) is 18.2. The number of anilines is 2. The molecule has 0 saturated heterocycles. The van der Waals surface area contributed by atoms with Crippen molar-refractivity contribution >= 4 is 11.8 Å². The number of tetrazole rings is 1. The minimum Gasteiger partial charge on any atom is -0.356 e. The molecule has 2 fully saturated rings. The highest BCUT2D eigenvalue weighted by atomic mass is 19.4. The second-order valence-electron chi connectivity index (χ2n) is 11.4. The number of hydrogen-bond donors (Lipinski definition) is 0. The molecule has 0 spiro atoms. The summed E-state index contributed by atoms with van der Waals surface area (Å²) >= 11 is 0. The summed E-state index contributed by atoms with van der Waals surface area (Å²) in [6, 6.07) is 6.49. The van der Waals surface area contributed by atoms with Crippen LogP contribution in [0.4, 0.5) is 24.9 Å². The molecule has 7 nitrogen and oxygen atoms in total. The monoisotopic (exact) mass is 525 g/mol. The van der Waals surface area contributed by atoms with E-state index >= 15 is 0 Å². The van der Waals surface area contributed by atoms with E-state index in [0.29, 0.717) is 23.6 Å². The van der Waals surface area contributed by atoms with Crippen molar-refractivity contribution in [2.45, 2.75) is 71.1 Å². The number of benzene rings is 1. The van der Waals surface area contributed by atoms with Gasteiger partial charge < -0.3 is 9.80 Å². The Morgan fingerprint density at radius 1 is 0.947 bits per heavy atom. The molecule has 0 unspecified atom stereocenters. The van der Waals surface area contributed by atoms with Crippen molar-refractivity contribution in [1.29, 1.82) is 0 Å². The zero-order valence-electron chi connectivity index (χ0n) is 22.0. The predicted octanol–water partition coefficient (Wildman–Crippen LogP) is 5.25. The number of halogens is 3. The third-order valence-electron chi connectivity index (χ3n) is 7.74. The SMILES string of the molecule is Cc1cc(CN(Cc2cc3c(nc2N(CC2CC2)CC2CC2)CCC3)c2nnn(C)n2)cc(C(F)(F)F)c1. The van der Waals surface area contributed by atoms with Crippen molar-refractivity contribution in [3.8, 4) is 0 Å². The van der Waals surface area contributed by atoms with Gasteiger partial charge in [0.2, 0.25) is 0 Å². The lowest BCUT2D eigenvalue weighted by atomic mass is 10.0. The maximum Gasteiger partial charge on any atom is 0.416 e. The van der Waals surface area contributed by atoms with E-state index in [1.165, 1.54) is 53.9 Å². The average molecular weight is 526 g/mol. The molecule has 0 atom stereocenters. The molecular weight excluding hydrogens is 491 g/mol. The van der Waals surface area contributed by atoms with Gasteiger partial charge in [0.1, 0.15) is 5.82 Å². The van der Waals surface area contributed by atoms with E-state index in [9.17, 15) is 13.2 Å². The van der Waals surface area contributed by atoms with Crippen molar-refractivity contribution in [2.24, 2.45) is 18.9 Å². The summed E-state index contributed by atoms with van der Waals surface area (Å²) in [5.41, 5.74) is 4.05. The fraction of sp³-hybridized carbons (Fsp3) is 0.571. The Labute approximate surface area is 221 Å². The Bertz CT molecular complexity index is 1300. The normalized spacial score (nSPS) is 17.1. The van der Waals surface area contributed by atoms with Crippen LogP contribution in [0.15, 0.2) is 24.3 Å². The summed E-state index contributed by atoms with van der Waals surface area (Å²) in [7, 11) is 1.69. The first-order valence-electron chi connectivity index (χ1n) is 13.6. The molecule has 0 amide bonds. The van der Waals surface area contributed by atoms with Gasteiger partial charge in [-0.05, 0) is 98.2 Å². The smallest absolute Gasteiger partial charge is 0.356 e. The number of nitrogens with zero attached hydrogens (tertiary/aromatic N) is 7. The second kappa shape index (κ2) is 9.85. The fourth-order valence-corrected chi connectivity index (χ4v) is 5.51. The standard InChI is InChI=1S/C28H34F3N7/c1-18-10-21(12-24(11-18)28(29,30)31)16-38(27-33-35-36(2)34-27)17-23-13-22-4-3-5-25(22)32-26(23)37(14-19-6-7-19)15-20-8-9-20/h10-13,19-20H,3-9,14-17H2,1-2H3. The molecule has 2 aromatic heterocycles. The first-order valence-corrected chi connectivity index (χ1v) is 13.6.